The zero-order chi connectivity index (χ0) is 78.8. The Bertz CT molecular complexity index is 3540. The fourth-order valence-corrected chi connectivity index (χ4v) is 13.1. The number of pyridine rings is 3. The van der Waals surface area contributed by atoms with Gasteiger partial charge < -0.3 is 4.57 Å². The van der Waals surface area contributed by atoms with E-state index in [0.29, 0.717) is 41.5 Å². The van der Waals surface area contributed by atoms with Gasteiger partial charge in [0.2, 0.25) is 0 Å². The largest absolute Gasteiger partial charge is 0.353 e. The van der Waals surface area contributed by atoms with Crippen molar-refractivity contribution >= 4 is 59.3 Å². The summed E-state index contributed by atoms with van der Waals surface area (Å²) < 4.78 is 2.16. The topological polar surface area (TPSA) is 94.1 Å². The van der Waals surface area contributed by atoms with Crippen molar-refractivity contribution in [1.29, 1.82) is 0 Å². The van der Waals surface area contributed by atoms with Crippen molar-refractivity contribution in [2.75, 3.05) is 0 Å². The minimum Gasteiger partial charge on any atom is -0.353 e. The van der Waals surface area contributed by atoms with Gasteiger partial charge in [0.25, 0.3) is 0 Å². The molecular formula is C96H136N8. The predicted octanol–water partition coefficient (Wildman–Crippen LogP) is 28.6. The monoisotopic (exact) mass is 1400 g/mol. The average Bonchev–Trinajstić information content (AvgIpc) is 1.77. The van der Waals surface area contributed by atoms with E-state index in [9.17, 15) is 0 Å². The Labute approximate surface area is 634 Å². The Morgan fingerprint density at radius 3 is 1.33 bits per heavy atom. The highest BCUT2D eigenvalue weighted by atomic mass is 14.9. The number of aryl methyl sites for hydroxylation is 9. The van der Waals surface area contributed by atoms with Crippen molar-refractivity contribution < 1.29 is 0 Å². The molecule has 8 heteroatoms. The number of nitrogens with zero attached hydrogens (tertiary/aromatic N) is 8. The minimum atomic E-state index is 0.367. The summed E-state index contributed by atoms with van der Waals surface area (Å²) in [7, 11) is 2.08. The molecule has 7 heterocycles. The van der Waals surface area contributed by atoms with E-state index in [4.69, 9.17) is 0 Å². The van der Waals surface area contributed by atoms with Crippen molar-refractivity contribution in [3.8, 4) is 0 Å². The highest BCUT2D eigenvalue weighted by Crippen LogP contribution is 2.37. The van der Waals surface area contributed by atoms with Crippen molar-refractivity contribution in [2.45, 2.75) is 256 Å². The average molecular weight is 1400 g/mol. The maximum atomic E-state index is 4.34. The standard InChI is InChI=1S/C11H12.6C10H11N.C9H10N2.8C2H6/c1-8-4-3-5-10-7-6-9(2)11(8)10;1-7-3-4-9-6-11-5-8(2)10(7)9;1-7-3-4-9-5-6-11-8(2)10(7)9;1-7-3-4-9-10(7)8(2)5-6-11-9;1-7-4-3-5-9-6-11-8(2)10(7)9;1-7-4-3-5-9-10(7)8(2)6-11-9;1-8-10-6-4-3-5-9(10)7-11(8)2;1-6-3-4-8-9(6)7(2)10-5-11-8;8*1-2/h3-7,9H,1-2H3;3*3-7H,1-2H3;2*3-6,8H,1-2H3;3-7H,1-2H3;3-6H,1-2H3;8*1-2H3. The van der Waals surface area contributed by atoms with Crippen molar-refractivity contribution in [1.82, 2.24) is 29.5 Å². The van der Waals surface area contributed by atoms with Gasteiger partial charge in [0.1, 0.15) is 6.33 Å². The normalized spacial score (nSPS) is 16.7. The number of aliphatic imine (C=N–C) groups is 2. The summed E-state index contributed by atoms with van der Waals surface area (Å²) in [6.45, 7) is 64.3. The van der Waals surface area contributed by atoms with Crippen LogP contribution in [0, 0.1) is 55.4 Å². The molecule has 7 aliphatic rings. The summed E-state index contributed by atoms with van der Waals surface area (Å²) in [4.78, 5) is 29.7. The van der Waals surface area contributed by atoms with Crippen LogP contribution in [0.1, 0.15) is 318 Å². The lowest BCUT2D eigenvalue weighted by atomic mass is 9.97. The van der Waals surface area contributed by atoms with Gasteiger partial charge in [-0.2, -0.15) is 0 Å². The first-order valence-electron chi connectivity index (χ1n) is 39.3. The molecule has 0 N–H and O–H groups in total. The fraction of sp³-hybridized carbons (Fsp3) is 0.406. The van der Waals surface area contributed by atoms with E-state index in [1.807, 2.05) is 155 Å². The summed E-state index contributed by atoms with van der Waals surface area (Å²) in [6, 6.07) is 32.1. The molecule has 0 amide bonds. The first kappa shape index (κ1) is 93.0. The number of aromatic nitrogens is 6. The first-order valence-corrected chi connectivity index (χ1v) is 39.3. The number of fused-ring (bicyclic) bond motifs is 8. The summed E-state index contributed by atoms with van der Waals surface area (Å²) in [6.07, 6.45) is 37.1. The van der Waals surface area contributed by atoms with Crippen LogP contribution in [-0.2, 0) is 7.05 Å². The SMILES string of the molecule is CC.CC.CC.CC.CC.CC.CC.CC.Cc1c2ccccc2cn1C.Cc1cccc2c1C(C)C=C2.Cc1cccc2c1C(C)C=N2.Cc1cccc2c1C(C)N=C2.Cc1ccnc2c1C(C)C=C2.Cc1cncc2c1C(C)C=C2.Cc1nccc2c1C(C)C=C2.Cc1ncnc2c1C(C)C=C2. The third kappa shape index (κ3) is 25.7. The van der Waals surface area contributed by atoms with Crippen LogP contribution in [0.3, 0.4) is 0 Å². The molecule has 5 aromatic heterocycles. The van der Waals surface area contributed by atoms with Crippen LogP contribution in [0.25, 0.3) is 41.2 Å². The van der Waals surface area contributed by atoms with E-state index >= 15 is 0 Å². The molecule has 104 heavy (non-hydrogen) atoms. The van der Waals surface area contributed by atoms with Gasteiger partial charge >= 0.3 is 0 Å². The van der Waals surface area contributed by atoms with Crippen molar-refractivity contribution in [2.24, 2.45) is 17.0 Å². The van der Waals surface area contributed by atoms with E-state index in [0.717, 1.165) is 22.8 Å². The predicted molar refractivity (Wildman–Crippen MR) is 465 cm³/mol. The van der Waals surface area contributed by atoms with E-state index in [-0.39, 0.29) is 0 Å². The molecule has 4 aromatic carbocycles. The van der Waals surface area contributed by atoms with Crippen LogP contribution < -0.4 is 0 Å². The second-order valence-electron chi connectivity index (χ2n) is 24.4. The van der Waals surface area contributed by atoms with Gasteiger partial charge in [-0.15, -0.1) is 0 Å². The maximum Gasteiger partial charge on any atom is 0.116 e. The molecule has 0 saturated carbocycles. The number of benzene rings is 4. The number of hydrogen-bond donors (Lipinski definition) is 0. The Morgan fingerprint density at radius 2 is 0.798 bits per heavy atom. The van der Waals surface area contributed by atoms with Crippen LogP contribution in [-0.4, -0.2) is 41.9 Å². The van der Waals surface area contributed by atoms with Gasteiger partial charge in [0, 0.05) is 114 Å². The molecule has 0 fully saturated rings. The minimum absolute atomic E-state index is 0.367. The van der Waals surface area contributed by atoms with E-state index in [1.54, 1.807) is 6.33 Å². The van der Waals surface area contributed by atoms with Gasteiger partial charge in [-0.3, -0.25) is 24.9 Å². The summed E-state index contributed by atoms with van der Waals surface area (Å²) >= 11 is 0. The molecule has 0 spiro atoms. The highest BCUT2D eigenvalue weighted by Gasteiger charge is 2.20. The zero-order valence-corrected chi connectivity index (χ0v) is 70.7. The second-order valence-corrected chi connectivity index (χ2v) is 24.4. The maximum absolute atomic E-state index is 4.34. The second kappa shape index (κ2) is 50.4. The molecule has 0 radical (unpaired) electrons. The first-order chi connectivity index (χ1) is 50.3. The van der Waals surface area contributed by atoms with Crippen molar-refractivity contribution in [3.05, 3.63) is 276 Å². The van der Waals surface area contributed by atoms with Crippen molar-refractivity contribution in [3.63, 3.8) is 0 Å². The molecular weight excluding hydrogens is 1270 g/mol. The Hall–Kier alpha value is -9.01. The number of hydrogen-bond acceptors (Lipinski definition) is 7. The van der Waals surface area contributed by atoms with Crippen LogP contribution >= 0.6 is 0 Å². The lowest BCUT2D eigenvalue weighted by Gasteiger charge is -2.07. The molecule has 560 valence electrons. The fourth-order valence-electron chi connectivity index (χ4n) is 13.1. The van der Waals surface area contributed by atoms with E-state index < -0.39 is 0 Å². The van der Waals surface area contributed by atoms with E-state index in [1.165, 1.54) is 111 Å². The van der Waals surface area contributed by atoms with Gasteiger partial charge in [-0.25, -0.2) is 9.97 Å². The van der Waals surface area contributed by atoms with Gasteiger partial charge in [-0.1, -0.05) is 274 Å². The van der Waals surface area contributed by atoms with E-state index in [2.05, 4.69) is 301 Å². The lowest BCUT2D eigenvalue weighted by Crippen LogP contribution is -1.96. The molecule has 5 aliphatic carbocycles. The number of rotatable bonds is 0. The highest BCUT2D eigenvalue weighted by molar-refractivity contribution is 5.86. The van der Waals surface area contributed by atoms with Gasteiger partial charge in [-0.05, 0) is 182 Å². The van der Waals surface area contributed by atoms with Crippen LogP contribution in [0.2, 0.25) is 0 Å². The van der Waals surface area contributed by atoms with Crippen LogP contribution in [0.15, 0.2) is 169 Å². The van der Waals surface area contributed by atoms with Crippen LogP contribution in [0.4, 0.5) is 5.69 Å². The molecule has 0 bridgehead atoms. The molecule has 16 rings (SSSR count). The lowest BCUT2D eigenvalue weighted by molar-refractivity contribution is 0.836. The summed E-state index contributed by atoms with van der Waals surface area (Å²) in [5.41, 5.74) is 28.9. The molecule has 7 atom stereocenters. The zero-order valence-electron chi connectivity index (χ0n) is 70.7. The summed E-state index contributed by atoms with van der Waals surface area (Å²) in [5, 5.41) is 2.68. The third-order valence-electron chi connectivity index (χ3n) is 17.8. The quantitative estimate of drug-likeness (QED) is 0.151. The summed E-state index contributed by atoms with van der Waals surface area (Å²) in [5.74, 6) is 3.30. The Morgan fingerprint density at radius 1 is 0.346 bits per heavy atom. The molecule has 2 aliphatic heterocycles. The number of allylic oxidation sites excluding steroid dienone is 5. The third-order valence-corrected chi connectivity index (χ3v) is 17.8. The Kier molecular flexibility index (Phi) is 45.1. The van der Waals surface area contributed by atoms with Crippen LogP contribution in [0.5, 0.6) is 0 Å². The van der Waals surface area contributed by atoms with Gasteiger partial charge in [0.15, 0.2) is 0 Å². The molecule has 0 saturated heterocycles. The Balaban J connectivity index is 0.000000578. The molecule has 7 unspecified atom stereocenters. The molecule has 9 aromatic rings. The molecule has 8 nitrogen and oxygen atoms in total. The van der Waals surface area contributed by atoms with Gasteiger partial charge in [0.05, 0.1) is 23.1 Å². The smallest absolute Gasteiger partial charge is 0.116 e.